The number of hydrogen-bond donors (Lipinski definition) is 3. The summed E-state index contributed by atoms with van der Waals surface area (Å²) in [6.07, 6.45) is -1.22. The first-order chi connectivity index (χ1) is 15.0. The monoisotopic (exact) mass is 559 g/mol. The van der Waals surface area contributed by atoms with Gasteiger partial charge in [0.05, 0.1) is 32.0 Å². The molecule has 0 unspecified atom stereocenters. The Labute approximate surface area is 215 Å². The van der Waals surface area contributed by atoms with E-state index >= 15 is 0 Å². The van der Waals surface area contributed by atoms with Crippen LogP contribution in [0.3, 0.4) is 0 Å². The summed E-state index contributed by atoms with van der Waals surface area (Å²) in [6, 6.07) is 7.69. The van der Waals surface area contributed by atoms with Crippen molar-refractivity contribution in [1.29, 1.82) is 0 Å². The molecule has 0 aromatic heterocycles. The highest BCUT2D eigenvalue weighted by Crippen LogP contribution is 2.38. The molecule has 32 heavy (non-hydrogen) atoms. The van der Waals surface area contributed by atoms with E-state index in [1.165, 1.54) is 39.5 Å². The lowest BCUT2D eigenvalue weighted by atomic mass is 10.1. The summed E-state index contributed by atoms with van der Waals surface area (Å²) in [6.45, 7) is 0. The zero-order valence-corrected chi connectivity index (χ0v) is 21.5. The summed E-state index contributed by atoms with van der Waals surface area (Å²) in [5, 5.41) is 8.99. The molecule has 0 saturated heterocycles. The van der Waals surface area contributed by atoms with Gasteiger partial charge in [0.25, 0.3) is 5.91 Å². The van der Waals surface area contributed by atoms with Crippen LogP contribution >= 0.6 is 70.2 Å². The fourth-order valence-corrected chi connectivity index (χ4v) is 3.52. The van der Waals surface area contributed by atoms with Gasteiger partial charge in [0.2, 0.25) is 9.54 Å². The van der Waals surface area contributed by atoms with E-state index < -0.39 is 15.9 Å². The molecule has 13 heteroatoms. The maximum Gasteiger partial charge on any atom is 0.253 e. The molecule has 1 amide bonds. The van der Waals surface area contributed by atoms with Crippen molar-refractivity contribution in [2.75, 3.05) is 26.6 Å². The SMILES string of the molecule is COc1cc(C(=O)N[C@H](NC(=S)Nc2ccc(Cl)cc2Cl)C(Cl)(Cl)Cl)cc(OC)c1OC. The number of thiocarbonyl (C=S) groups is 1. The molecular formula is C19H18Cl5N3O4S. The average molecular weight is 562 g/mol. The Morgan fingerprint density at radius 3 is 2.03 bits per heavy atom. The summed E-state index contributed by atoms with van der Waals surface area (Å²) in [5.41, 5.74) is 0.632. The predicted molar refractivity (Wildman–Crippen MR) is 133 cm³/mol. The van der Waals surface area contributed by atoms with Crippen molar-refractivity contribution in [3.8, 4) is 17.2 Å². The van der Waals surface area contributed by atoms with Crippen LogP contribution in [0.4, 0.5) is 5.69 Å². The average Bonchev–Trinajstić information content (AvgIpc) is 2.73. The second-order valence-electron chi connectivity index (χ2n) is 6.08. The Morgan fingerprint density at radius 2 is 1.56 bits per heavy atom. The molecular weight excluding hydrogens is 544 g/mol. The lowest BCUT2D eigenvalue weighted by Crippen LogP contribution is -2.56. The lowest BCUT2D eigenvalue weighted by molar-refractivity contribution is 0.0933. The van der Waals surface area contributed by atoms with Crippen molar-refractivity contribution >= 4 is 86.9 Å². The summed E-state index contributed by atoms with van der Waals surface area (Å²) >= 11 is 35.4. The predicted octanol–water partition coefficient (Wildman–Crippen LogP) is 5.43. The molecule has 0 saturated carbocycles. The van der Waals surface area contributed by atoms with Crippen LogP contribution in [-0.4, -0.2) is 42.3 Å². The molecule has 2 aromatic carbocycles. The molecule has 2 aromatic rings. The first kappa shape index (κ1) is 26.7. The van der Waals surface area contributed by atoms with Crippen LogP contribution in [0.25, 0.3) is 0 Å². The van der Waals surface area contributed by atoms with Gasteiger partial charge in [-0.15, -0.1) is 0 Å². The third-order valence-corrected chi connectivity index (χ3v) is 5.41. The van der Waals surface area contributed by atoms with Crippen molar-refractivity contribution in [2.24, 2.45) is 0 Å². The van der Waals surface area contributed by atoms with Gasteiger partial charge in [-0.25, -0.2) is 0 Å². The van der Waals surface area contributed by atoms with Gasteiger partial charge in [-0.3, -0.25) is 4.79 Å². The van der Waals surface area contributed by atoms with Crippen molar-refractivity contribution in [1.82, 2.24) is 10.6 Å². The maximum absolute atomic E-state index is 12.9. The van der Waals surface area contributed by atoms with Gasteiger partial charge in [-0.1, -0.05) is 58.0 Å². The molecule has 0 aliphatic rings. The lowest BCUT2D eigenvalue weighted by Gasteiger charge is -2.28. The standard InChI is InChI=1S/C19H18Cl5N3O4S/c1-29-13-6-9(7-14(30-2)15(13)31-3)16(28)26-17(19(22,23)24)27-18(32)25-12-5-4-10(20)8-11(12)21/h4-8,17H,1-3H3,(H,26,28)(H2,25,27,32)/t17-/m1/s1. The third kappa shape index (κ3) is 6.97. The van der Waals surface area contributed by atoms with Gasteiger partial charge in [0.15, 0.2) is 16.6 Å². The number of ether oxygens (including phenoxy) is 3. The van der Waals surface area contributed by atoms with E-state index in [0.29, 0.717) is 21.5 Å². The number of anilines is 1. The van der Waals surface area contributed by atoms with Crippen LogP contribution in [-0.2, 0) is 0 Å². The second-order valence-corrected chi connectivity index (χ2v) is 9.71. The van der Waals surface area contributed by atoms with Gasteiger partial charge in [-0.05, 0) is 42.5 Å². The molecule has 0 bridgehead atoms. The van der Waals surface area contributed by atoms with Crippen molar-refractivity contribution < 1.29 is 19.0 Å². The van der Waals surface area contributed by atoms with Gasteiger partial charge in [0.1, 0.15) is 6.17 Å². The Hall–Kier alpha value is -1.55. The molecule has 0 aliphatic heterocycles. The van der Waals surface area contributed by atoms with E-state index in [4.69, 9.17) is 84.4 Å². The summed E-state index contributed by atoms with van der Waals surface area (Å²) in [7, 11) is 4.30. The number of halogens is 5. The minimum Gasteiger partial charge on any atom is -0.493 e. The molecule has 0 spiro atoms. The molecule has 0 heterocycles. The molecule has 0 radical (unpaired) electrons. The number of carbonyl (C=O) groups excluding carboxylic acids is 1. The van der Waals surface area contributed by atoms with Crippen LogP contribution in [0.1, 0.15) is 10.4 Å². The van der Waals surface area contributed by atoms with E-state index in [0.717, 1.165) is 0 Å². The molecule has 7 nitrogen and oxygen atoms in total. The Morgan fingerprint density at radius 1 is 0.969 bits per heavy atom. The molecule has 0 fully saturated rings. The first-order valence-corrected chi connectivity index (χ1v) is 11.0. The Balaban J connectivity index is 2.22. The van der Waals surface area contributed by atoms with Crippen LogP contribution in [0, 0.1) is 0 Å². The van der Waals surface area contributed by atoms with E-state index in [-0.39, 0.29) is 22.2 Å². The molecule has 1 atom stereocenters. The highest BCUT2D eigenvalue weighted by molar-refractivity contribution is 7.80. The fraction of sp³-hybridized carbons (Fsp3) is 0.263. The number of rotatable bonds is 7. The highest BCUT2D eigenvalue weighted by atomic mass is 35.6. The van der Waals surface area contributed by atoms with Gasteiger partial charge >= 0.3 is 0 Å². The number of benzene rings is 2. The number of methoxy groups -OCH3 is 3. The van der Waals surface area contributed by atoms with Gasteiger partial charge in [0, 0.05) is 10.6 Å². The zero-order chi connectivity index (χ0) is 24.1. The molecule has 3 N–H and O–H groups in total. The summed E-state index contributed by atoms with van der Waals surface area (Å²) in [5.74, 6) is 0.295. The zero-order valence-electron chi connectivity index (χ0n) is 16.9. The van der Waals surface area contributed by atoms with Crippen LogP contribution in [0.5, 0.6) is 17.2 Å². The normalized spacial score (nSPS) is 11.9. The fourth-order valence-electron chi connectivity index (χ4n) is 2.51. The summed E-state index contributed by atoms with van der Waals surface area (Å²) < 4.78 is 13.8. The minimum atomic E-state index is -1.97. The van der Waals surface area contributed by atoms with Crippen LogP contribution < -0.4 is 30.2 Å². The molecule has 174 valence electrons. The minimum absolute atomic E-state index is 0.0377. The number of alkyl halides is 3. The van der Waals surface area contributed by atoms with Crippen LogP contribution in [0.2, 0.25) is 10.0 Å². The number of amides is 1. The van der Waals surface area contributed by atoms with E-state index in [1.54, 1.807) is 12.1 Å². The van der Waals surface area contributed by atoms with E-state index in [9.17, 15) is 4.79 Å². The Kier molecular flexibility index (Phi) is 9.63. The number of carbonyl (C=O) groups is 1. The van der Waals surface area contributed by atoms with Gasteiger partial charge < -0.3 is 30.2 Å². The Bertz CT molecular complexity index is 978. The van der Waals surface area contributed by atoms with Gasteiger partial charge in [-0.2, -0.15) is 0 Å². The number of nitrogens with one attached hydrogen (secondary N) is 3. The first-order valence-electron chi connectivity index (χ1n) is 8.70. The third-order valence-electron chi connectivity index (χ3n) is 3.98. The molecule has 0 aliphatic carbocycles. The van der Waals surface area contributed by atoms with Crippen molar-refractivity contribution in [3.63, 3.8) is 0 Å². The largest absolute Gasteiger partial charge is 0.493 e. The van der Waals surface area contributed by atoms with Crippen molar-refractivity contribution in [3.05, 3.63) is 45.9 Å². The second kappa shape index (κ2) is 11.5. The topological polar surface area (TPSA) is 80.9 Å². The summed E-state index contributed by atoms with van der Waals surface area (Å²) in [4.78, 5) is 12.9. The van der Waals surface area contributed by atoms with E-state index in [1.807, 2.05) is 0 Å². The quantitative estimate of drug-likeness (QED) is 0.236. The molecule has 2 rings (SSSR count). The highest BCUT2D eigenvalue weighted by Gasteiger charge is 2.35. The maximum atomic E-state index is 12.9. The smallest absolute Gasteiger partial charge is 0.253 e. The van der Waals surface area contributed by atoms with E-state index in [2.05, 4.69) is 16.0 Å². The number of hydrogen-bond acceptors (Lipinski definition) is 5. The van der Waals surface area contributed by atoms with Crippen LogP contribution in [0.15, 0.2) is 30.3 Å². The van der Waals surface area contributed by atoms with Crippen molar-refractivity contribution in [2.45, 2.75) is 9.96 Å².